The lowest BCUT2D eigenvalue weighted by molar-refractivity contribution is -0.119. The highest BCUT2D eigenvalue weighted by Gasteiger charge is 2.05. The fourth-order valence-corrected chi connectivity index (χ4v) is 2.16. The highest BCUT2D eigenvalue weighted by molar-refractivity contribution is 7.99. The van der Waals surface area contributed by atoms with E-state index < -0.39 is 0 Å². The van der Waals surface area contributed by atoms with Crippen LogP contribution in [0.2, 0.25) is 0 Å². The fraction of sp³-hybridized carbons (Fsp3) is 0.500. The summed E-state index contributed by atoms with van der Waals surface area (Å²) >= 11 is 1.66. The lowest BCUT2D eigenvalue weighted by atomic mass is 10.2. The maximum atomic E-state index is 11.5. The Hall–Kier alpha value is -0.960. The first-order valence-corrected chi connectivity index (χ1v) is 7.20. The number of amides is 1. The van der Waals surface area contributed by atoms with Gasteiger partial charge in [-0.2, -0.15) is 0 Å². The Kier molecular flexibility index (Phi) is 6.12. The maximum Gasteiger partial charge on any atom is 0.230 e. The molecule has 0 aliphatic carbocycles. The van der Waals surface area contributed by atoms with Crippen LogP contribution in [0.5, 0.6) is 0 Å². The number of carbonyl (C=O) groups excluding carboxylic acids is 1. The van der Waals surface area contributed by atoms with Gasteiger partial charge < -0.3 is 5.32 Å². The Bertz CT molecular complexity index is 348. The molecule has 1 aromatic carbocycles. The molecule has 1 aromatic rings. The molecule has 0 heterocycles. The number of thioether (sulfide) groups is 1. The van der Waals surface area contributed by atoms with Crippen molar-refractivity contribution in [3.05, 3.63) is 35.4 Å². The lowest BCUT2D eigenvalue weighted by Crippen LogP contribution is -2.33. The number of hydrogen-bond acceptors (Lipinski definition) is 2. The maximum absolute atomic E-state index is 11.5. The minimum atomic E-state index is 0.136. The molecule has 17 heavy (non-hydrogen) atoms. The summed E-state index contributed by atoms with van der Waals surface area (Å²) in [5, 5.41) is 2.97. The van der Waals surface area contributed by atoms with Crippen LogP contribution >= 0.6 is 11.8 Å². The van der Waals surface area contributed by atoms with E-state index in [1.165, 1.54) is 11.1 Å². The zero-order valence-corrected chi connectivity index (χ0v) is 11.6. The fourth-order valence-electron chi connectivity index (χ4n) is 1.36. The average molecular weight is 251 g/mol. The van der Waals surface area contributed by atoms with E-state index >= 15 is 0 Å². The summed E-state index contributed by atoms with van der Waals surface area (Å²) in [5.74, 6) is 1.57. The van der Waals surface area contributed by atoms with Crippen LogP contribution in [0.1, 0.15) is 31.4 Å². The predicted octanol–water partition coefficient (Wildman–Crippen LogP) is 3.14. The average Bonchev–Trinajstić information content (AvgIpc) is 2.31. The van der Waals surface area contributed by atoms with E-state index in [2.05, 4.69) is 43.4 Å². The van der Waals surface area contributed by atoms with Crippen LogP contribution in [0.4, 0.5) is 0 Å². The molecule has 1 atom stereocenters. The van der Waals surface area contributed by atoms with Gasteiger partial charge in [0.2, 0.25) is 5.91 Å². The summed E-state index contributed by atoms with van der Waals surface area (Å²) < 4.78 is 0. The minimum absolute atomic E-state index is 0.136. The first kappa shape index (κ1) is 14.1. The van der Waals surface area contributed by atoms with Crippen molar-refractivity contribution in [1.29, 1.82) is 0 Å². The molecular formula is C14H21NOS. The van der Waals surface area contributed by atoms with Crippen molar-refractivity contribution in [2.75, 3.05) is 5.75 Å². The molecule has 0 bridgehead atoms. The Morgan fingerprint density at radius 2 is 2.00 bits per heavy atom. The standard InChI is InChI=1S/C14H21NOS/c1-4-12(3)15-14(16)10-17-9-13-7-5-11(2)6-8-13/h5-8,12H,4,9-10H2,1-3H3,(H,15,16)/t12-/m1/s1. The van der Waals surface area contributed by atoms with Crippen molar-refractivity contribution in [2.24, 2.45) is 0 Å². The molecule has 1 rings (SSSR count). The van der Waals surface area contributed by atoms with Crippen LogP contribution in [0.25, 0.3) is 0 Å². The second-order valence-corrected chi connectivity index (χ2v) is 5.34. The van der Waals surface area contributed by atoms with Gasteiger partial charge in [-0.3, -0.25) is 4.79 Å². The van der Waals surface area contributed by atoms with Crippen LogP contribution in [0.15, 0.2) is 24.3 Å². The number of hydrogen-bond donors (Lipinski definition) is 1. The molecule has 1 N–H and O–H groups in total. The van der Waals surface area contributed by atoms with Crippen LogP contribution in [0.3, 0.4) is 0 Å². The van der Waals surface area contributed by atoms with Gasteiger partial charge in [0.1, 0.15) is 0 Å². The van der Waals surface area contributed by atoms with Crippen molar-refractivity contribution >= 4 is 17.7 Å². The van der Waals surface area contributed by atoms with Gasteiger partial charge in [0.25, 0.3) is 0 Å². The molecule has 0 fully saturated rings. The number of rotatable bonds is 6. The van der Waals surface area contributed by atoms with E-state index in [0.29, 0.717) is 5.75 Å². The van der Waals surface area contributed by atoms with E-state index in [-0.39, 0.29) is 11.9 Å². The van der Waals surface area contributed by atoms with Gasteiger partial charge in [0.05, 0.1) is 5.75 Å². The molecule has 0 radical (unpaired) electrons. The summed E-state index contributed by atoms with van der Waals surface area (Å²) in [5.41, 5.74) is 2.55. The lowest BCUT2D eigenvalue weighted by Gasteiger charge is -2.10. The number of carbonyl (C=O) groups is 1. The monoisotopic (exact) mass is 251 g/mol. The van der Waals surface area contributed by atoms with Crippen molar-refractivity contribution in [2.45, 2.75) is 39.0 Å². The SMILES string of the molecule is CC[C@@H](C)NC(=O)CSCc1ccc(C)cc1. The van der Waals surface area contributed by atoms with Gasteiger partial charge in [0.15, 0.2) is 0 Å². The van der Waals surface area contributed by atoms with Crippen molar-refractivity contribution in [3.63, 3.8) is 0 Å². The Labute approximate surface area is 108 Å². The molecule has 0 spiro atoms. The molecule has 0 unspecified atom stereocenters. The van der Waals surface area contributed by atoms with Gasteiger partial charge in [0, 0.05) is 11.8 Å². The van der Waals surface area contributed by atoms with E-state index in [1.54, 1.807) is 11.8 Å². The first-order valence-electron chi connectivity index (χ1n) is 6.04. The second-order valence-electron chi connectivity index (χ2n) is 4.36. The molecule has 0 aliphatic rings. The quantitative estimate of drug-likeness (QED) is 0.841. The minimum Gasteiger partial charge on any atom is -0.353 e. The van der Waals surface area contributed by atoms with E-state index in [1.807, 2.05) is 6.92 Å². The molecule has 2 nitrogen and oxygen atoms in total. The van der Waals surface area contributed by atoms with E-state index in [9.17, 15) is 4.79 Å². The zero-order valence-electron chi connectivity index (χ0n) is 10.8. The Balaban J connectivity index is 2.23. The molecule has 3 heteroatoms. The second kappa shape index (κ2) is 7.38. The molecule has 0 saturated heterocycles. The molecule has 0 aromatic heterocycles. The van der Waals surface area contributed by atoms with Crippen LogP contribution in [-0.2, 0) is 10.5 Å². The molecule has 0 saturated carbocycles. The first-order chi connectivity index (χ1) is 8.11. The third-order valence-corrected chi connectivity index (χ3v) is 3.65. The summed E-state index contributed by atoms with van der Waals surface area (Å²) in [7, 11) is 0. The predicted molar refractivity (Wildman–Crippen MR) is 75.2 cm³/mol. The van der Waals surface area contributed by atoms with E-state index in [4.69, 9.17) is 0 Å². The highest BCUT2D eigenvalue weighted by Crippen LogP contribution is 2.12. The van der Waals surface area contributed by atoms with Gasteiger partial charge in [-0.1, -0.05) is 36.8 Å². The van der Waals surface area contributed by atoms with Crippen molar-refractivity contribution in [1.82, 2.24) is 5.32 Å². The van der Waals surface area contributed by atoms with Crippen LogP contribution in [0, 0.1) is 6.92 Å². The topological polar surface area (TPSA) is 29.1 Å². The molecule has 1 amide bonds. The van der Waals surface area contributed by atoms with Crippen LogP contribution < -0.4 is 5.32 Å². The Morgan fingerprint density at radius 3 is 2.59 bits per heavy atom. The largest absolute Gasteiger partial charge is 0.353 e. The molecule has 0 aliphatic heterocycles. The normalized spacial score (nSPS) is 12.2. The zero-order chi connectivity index (χ0) is 12.7. The van der Waals surface area contributed by atoms with Crippen molar-refractivity contribution in [3.8, 4) is 0 Å². The highest BCUT2D eigenvalue weighted by atomic mass is 32.2. The Morgan fingerprint density at radius 1 is 1.35 bits per heavy atom. The number of aryl methyl sites for hydroxylation is 1. The van der Waals surface area contributed by atoms with Gasteiger partial charge in [-0.25, -0.2) is 0 Å². The van der Waals surface area contributed by atoms with E-state index in [0.717, 1.165) is 12.2 Å². The molecular weight excluding hydrogens is 230 g/mol. The number of benzene rings is 1. The van der Waals surface area contributed by atoms with Gasteiger partial charge in [-0.05, 0) is 25.8 Å². The number of nitrogens with one attached hydrogen (secondary N) is 1. The van der Waals surface area contributed by atoms with Gasteiger partial charge >= 0.3 is 0 Å². The van der Waals surface area contributed by atoms with Crippen molar-refractivity contribution < 1.29 is 4.79 Å². The smallest absolute Gasteiger partial charge is 0.230 e. The molecule has 94 valence electrons. The van der Waals surface area contributed by atoms with Gasteiger partial charge in [-0.15, -0.1) is 11.8 Å². The summed E-state index contributed by atoms with van der Waals surface area (Å²) in [6.45, 7) is 6.18. The summed E-state index contributed by atoms with van der Waals surface area (Å²) in [6.07, 6.45) is 0.981. The third kappa shape index (κ3) is 5.78. The van der Waals surface area contributed by atoms with Crippen LogP contribution in [-0.4, -0.2) is 17.7 Å². The summed E-state index contributed by atoms with van der Waals surface area (Å²) in [6, 6.07) is 8.73. The summed E-state index contributed by atoms with van der Waals surface area (Å²) in [4.78, 5) is 11.5. The third-order valence-electron chi connectivity index (χ3n) is 2.64.